The van der Waals surface area contributed by atoms with Gasteiger partial charge in [-0.1, -0.05) is 37.8 Å². The molecule has 1 amide bonds. The lowest BCUT2D eigenvalue weighted by Crippen LogP contribution is -2.35. The van der Waals surface area contributed by atoms with E-state index in [-0.39, 0.29) is 19.1 Å². The molecule has 1 aliphatic rings. The summed E-state index contributed by atoms with van der Waals surface area (Å²) in [5.74, 6) is 1.49. The Hall–Kier alpha value is -1.55. The third-order valence-corrected chi connectivity index (χ3v) is 4.22. The zero-order valence-corrected chi connectivity index (χ0v) is 13.4. The van der Waals surface area contributed by atoms with Crippen LogP contribution >= 0.6 is 0 Å². The van der Waals surface area contributed by atoms with Gasteiger partial charge in [0, 0.05) is 13.0 Å². The first-order valence-electron chi connectivity index (χ1n) is 8.27. The number of ether oxygens (including phenoxy) is 1. The number of rotatable bonds is 8. The molecular formula is C18H27NO3. The van der Waals surface area contributed by atoms with Crippen molar-refractivity contribution in [2.75, 3.05) is 13.2 Å². The standard InChI is InChI=1S/C18H27NO3/c1-14-5-4-8-17(11-14)22-13-16(20)12-19-18(21)10-9-15-6-2-3-7-15/h4-5,8,11,15-16,20H,2-3,6-7,9-10,12-13H2,1H3,(H,19,21). The average molecular weight is 305 g/mol. The van der Waals surface area contributed by atoms with E-state index in [0.717, 1.165) is 23.7 Å². The molecule has 1 atom stereocenters. The monoisotopic (exact) mass is 305 g/mol. The molecule has 0 radical (unpaired) electrons. The number of hydrogen-bond donors (Lipinski definition) is 2. The van der Waals surface area contributed by atoms with E-state index in [0.29, 0.717) is 6.42 Å². The predicted molar refractivity (Wildman–Crippen MR) is 86.9 cm³/mol. The highest BCUT2D eigenvalue weighted by atomic mass is 16.5. The number of carbonyl (C=O) groups is 1. The van der Waals surface area contributed by atoms with Crippen molar-refractivity contribution in [2.24, 2.45) is 5.92 Å². The molecule has 0 aliphatic heterocycles. The Morgan fingerprint density at radius 1 is 1.41 bits per heavy atom. The van der Waals surface area contributed by atoms with Crippen LogP contribution in [0, 0.1) is 12.8 Å². The third-order valence-electron chi connectivity index (χ3n) is 4.22. The summed E-state index contributed by atoms with van der Waals surface area (Å²) < 4.78 is 5.52. The van der Waals surface area contributed by atoms with Crippen LogP contribution in [0.4, 0.5) is 0 Å². The summed E-state index contributed by atoms with van der Waals surface area (Å²) in [5, 5.41) is 12.7. The minimum Gasteiger partial charge on any atom is -0.491 e. The van der Waals surface area contributed by atoms with Crippen LogP contribution in [0.25, 0.3) is 0 Å². The van der Waals surface area contributed by atoms with Gasteiger partial charge in [0.25, 0.3) is 0 Å². The molecule has 2 N–H and O–H groups in total. The largest absolute Gasteiger partial charge is 0.491 e. The molecule has 1 aromatic carbocycles. The van der Waals surface area contributed by atoms with E-state index in [1.165, 1.54) is 25.7 Å². The van der Waals surface area contributed by atoms with Crippen molar-refractivity contribution in [3.05, 3.63) is 29.8 Å². The molecule has 0 saturated heterocycles. The number of aryl methyl sites for hydroxylation is 1. The zero-order chi connectivity index (χ0) is 15.8. The molecule has 1 saturated carbocycles. The van der Waals surface area contributed by atoms with E-state index in [4.69, 9.17) is 4.74 Å². The van der Waals surface area contributed by atoms with Gasteiger partial charge in [-0.2, -0.15) is 0 Å². The van der Waals surface area contributed by atoms with Gasteiger partial charge in [0.1, 0.15) is 18.5 Å². The zero-order valence-electron chi connectivity index (χ0n) is 13.4. The Bertz CT molecular complexity index is 469. The first-order chi connectivity index (χ1) is 10.6. The third kappa shape index (κ3) is 6.06. The van der Waals surface area contributed by atoms with E-state index in [1.807, 2.05) is 31.2 Å². The van der Waals surface area contributed by atoms with Crippen LogP contribution in [-0.2, 0) is 4.79 Å². The fraction of sp³-hybridized carbons (Fsp3) is 0.611. The van der Waals surface area contributed by atoms with Crippen molar-refractivity contribution < 1.29 is 14.6 Å². The van der Waals surface area contributed by atoms with Crippen molar-refractivity contribution in [2.45, 2.75) is 51.6 Å². The van der Waals surface area contributed by atoms with Crippen LogP contribution in [0.2, 0.25) is 0 Å². The molecule has 0 spiro atoms. The van der Waals surface area contributed by atoms with E-state index < -0.39 is 6.10 Å². The van der Waals surface area contributed by atoms with Crippen molar-refractivity contribution >= 4 is 5.91 Å². The van der Waals surface area contributed by atoms with Gasteiger partial charge in [-0.25, -0.2) is 0 Å². The number of benzene rings is 1. The van der Waals surface area contributed by atoms with Crippen LogP contribution in [0.15, 0.2) is 24.3 Å². The molecule has 1 aliphatic carbocycles. The summed E-state index contributed by atoms with van der Waals surface area (Å²) in [7, 11) is 0. The first-order valence-corrected chi connectivity index (χ1v) is 8.27. The van der Waals surface area contributed by atoms with Crippen LogP contribution in [0.3, 0.4) is 0 Å². The van der Waals surface area contributed by atoms with Crippen LogP contribution < -0.4 is 10.1 Å². The SMILES string of the molecule is Cc1cccc(OCC(O)CNC(=O)CCC2CCCC2)c1. The van der Waals surface area contributed by atoms with Crippen molar-refractivity contribution in [1.82, 2.24) is 5.32 Å². The highest BCUT2D eigenvalue weighted by Gasteiger charge is 2.16. The van der Waals surface area contributed by atoms with Gasteiger partial charge in [0.2, 0.25) is 5.91 Å². The fourth-order valence-corrected chi connectivity index (χ4v) is 2.91. The molecule has 1 aromatic rings. The van der Waals surface area contributed by atoms with E-state index in [2.05, 4.69) is 5.32 Å². The first kappa shape index (κ1) is 16.8. The van der Waals surface area contributed by atoms with E-state index >= 15 is 0 Å². The summed E-state index contributed by atoms with van der Waals surface area (Å²) in [6, 6.07) is 7.70. The molecule has 4 heteroatoms. The second kappa shape index (κ2) is 8.79. The minimum atomic E-state index is -0.684. The molecule has 1 fully saturated rings. The van der Waals surface area contributed by atoms with Gasteiger partial charge in [-0.05, 0) is 37.0 Å². The number of amides is 1. The van der Waals surface area contributed by atoms with E-state index in [1.54, 1.807) is 0 Å². The quantitative estimate of drug-likeness (QED) is 0.776. The average Bonchev–Trinajstić information content (AvgIpc) is 3.02. The topological polar surface area (TPSA) is 58.6 Å². The summed E-state index contributed by atoms with van der Waals surface area (Å²) >= 11 is 0. The maximum absolute atomic E-state index is 11.8. The highest BCUT2D eigenvalue weighted by Crippen LogP contribution is 2.28. The van der Waals surface area contributed by atoms with Crippen molar-refractivity contribution in [3.63, 3.8) is 0 Å². The normalized spacial score (nSPS) is 16.5. The Kier molecular flexibility index (Phi) is 6.72. The maximum atomic E-state index is 11.8. The Morgan fingerprint density at radius 2 is 2.18 bits per heavy atom. The molecule has 0 heterocycles. The Labute approximate surface area is 132 Å². The minimum absolute atomic E-state index is 0.0292. The van der Waals surface area contributed by atoms with Gasteiger partial charge < -0.3 is 15.2 Å². The predicted octanol–water partition coefficient (Wildman–Crippen LogP) is 2.82. The van der Waals surface area contributed by atoms with Gasteiger partial charge in [-0.3, -0.25) is 4.79 Å². The number of hydrogen-bond acceptors (Lipinski definition) is 3. The molecule has 22 heavy (non-hydrogen) atoms. The van der Waals surface area contributed by atoms with E-state index in [9.17, 15) is 9.90 Å². The fourth-order valence-electron chi connectivity index (χ4n) is 2.91. The lowest BCUT2D eigenvalue weighted by molar-refractivity contribution is -0.121. The Morgan fingerprint density at radius 3 is 2.91 bits per heavy atom. The summed E-state index contributed by atoms with van der Waals surface area (Å²) in [5.41, 5.74) is 1.12. The maximum Gasteiger partial charge on any atom is 0.220 e. The molecular weight excluding hydrogens is 278 g/mol. The lowest BCUT2D eigenvalue weighted by Gasteiger charge is -2.14. The van der Waals surface area contributed by atoms with Gasteiger partial charge in [-0.15, -0.1) is 0 Å². The number of carbonyl (C=O) groups excluding carboxylic acids is 1. The lowest BCUT2D eigenvalue weighted by atomic mass is 10.0. The number of aliphatic hydroxyl groups excluding tert-OH is 1. The number of nitrogens with one attached hydrogen (secondary N) is 1. The summed E-state index contributed by atoms with van der Waals surface area (Å²) in [6.07, 6.45) is 6.00. The summed E-state index contributed by atoms with van der Waals surface area (Å²) in [4.78, 5) is 11.8. The van der Waals surface area contributed by atoms with Crippen molar-refractivity contribution in [3.8, 4) is 5.75 Å². The Balaban J connectivity index is 1.58. The molecule has 2 rings (SSSR count). The van der Waals surface area contributed by atoms with Crippen LogP contribution in [0.1, 0.15) is 44.1 Å². The molecule has 1 unspecified atom stereocenters. The second-order valence-electron chi connectivity index (χ2n) is 6.27. The number of aliphatic hydroxyl groups is 1. The molecule has 122 valence electrons. The van der Waals surface area contributed by atoms with Gasteiger partial charge in [0.05, 0.1) is 0 Å². The van der Waals surface area contributed by atoms with Crippen LogP contribution in [-0.4, -0.2) is 30.3 Å². The summed E-state index contributed by atoms with van der Waals surface area (Å²) in [6.45, 7) is 2.43. The molecule has 0 bridgehead atoms. The van der Waals surface area contributed by atoms with Gasteiger partial charge in [0.15, 0.2) is 0 Å². The second-order valence-corrected chi connectivity index (χ2v) is 6.27. The van der Waals surface area contributed by atoms with Gasteiger partial charge >= 0.3 is 0 Å². The smallest absolute Gasteiger partial charge is 0.220 e. The van der Waals surface area contributed by atoms with Crippen molar-refractivity contribution in [1.29, 1.82) is 0 Å². The van der Waals surface area contributed by atoms with Crippen LogP contribution in [0.5, 0.6) is 5.75 Å². The molecule has 4 nitrogen and oxygen atoms in total. The highest BCUT2D eigenvalue weighted by molar-refractivity contribution is 5.75. The molecule has 0 aromatic heterocycles.